The minimum atomic E-state index is -0.468. The number of hydrogen-bond donors (Lipinski definition) is 2. The summed E-state index contributed by atoms with van der Waals surface area (Å²) in [4.78, 5) is 24.2. The summed E-state index contributed by atoms with van der Waals surface area (Å²) >= 11 is 0. The number of amides is 1. The fourth-order valence-electron chi connectivity index (χ4n) is 2.54. The summed E-state index contributed by atoms with van der Waals surface area (Å²) < 4.78 is 10.9. The summed E-state index contributed by atoms with van der Waals surface area (Å²) in [6.07, 6.45) is 2.38. The van der Waals surface area contributed by atoms with Gasteiger partial charge in [0.15, 0.2) is 0 Å². The smallest absolute Gasteiger partial charge is 0.343 e. The van der Waals surface area contributed by atoms with Crippen LogP contribution in [0, 0.1) is 0 Å². The number of nitrogens with zero attached hydrogens (tertiary/aromatic N) is 1. The molecule has 0 fully saturated rings. The van der Waals surface area contributed by atoms with Crippen molar-refractivity contribution in [2.75, 3.05) is 6.61 Å². The minimum absolute atomic E-state index is 0.0823. The average Bonchev–Trinajstić information content (AvgIpc) is 2.79. The molecule has 0 aromatic heterocycles. The van der Waals surface area contributed by atoms with Crippen LogP contribution >= 0.6 is 0 Å². The van der Waals surface area contributed by atoms with Crippen molar-refractivity contribution in [1.29, 1.82) is 0 Å². The molecular formula is C24H22N2O5. The molecule has 7 nitrogen and oxygen atoms in total. The number of ether oxygens (including phenoxy) is 2. The zero-order valence-electron chi connectivity index (χ0n) is 16.9. The van der Waals surface area contributed by atoms with Crippen LogP contribution in [-0.2, 0) is 0 Å². The fraction of sp³-hybridized carbons (Fsp3) is 0.125. The maximum atomic E-state index is 12.3. The van der Waals surface area contributed by atoms with Gasteiger partial charge in [0.25, 0.3) is 5.91 Å². The van der Waals surface area contributed by atoms with E-state index in [1.807, 2.05) is 6.92 Å². The van der Waals surface area contributed by atoms with Crippen molar-refractivity contribution in [3.05, 3.63) is 89.5 Å². The molecule has 7 heteroatoms. The molecule has 31 heavy (non-hydrogen) atoms. The minimum Gasteiger partial charge on any atom is -0.508 e. The van der Waals surface area contributed by atoms with Crippen molar-refractivity contribution in [2.45, 2.75) is 13.3 Å². The molecule has 2 N–H and O–H groups in total. The molecule has 1 amide bonds. The number of carbonyl (C=O) groups excluding carboxylic acids is 2. The lowest BCUT2D eigenvalue weighted by Crippen LogP contribution is -2.17. The van der Waals surface area contributed by atoms with Crippen LogP contribution in [0.4, 0.5) is 0 Å². The molecule has 0 aliphatic carbocycles. The van der Waals surface area contributed by atoms with Gasteiger partial charge in [-0.3, -0.25) is 4.79 Å². The van der Waals surface area contributed by atoms with E-state index >= 15 is 0 Å². The topological polar surface area (TPSA) is 97.2 Å². The Morgan fingerprint density at radius 2 is 1.52 bits per heavy atom. The highest BCUT2D eigenvalue weighted by molar-refractivity contribution is 5.95. The monoisotopic (exact) mass is 418 g/mol. The second kappa shape index (κ2) is 10.6. The number of carbonyl (C=O) groups is 2. The molecule has 0 aliphatic rings. The van der Waals surface area contributed by atoms with E-state index in [9.17, 15) is 14.7 Å². The van der Waals surface area contributed by atoms with Crippen LogP contribution in [0.25, 0.3) is 0 Å². The van der Waals surface area contributed by atoms with Crippen molar-refractivity contribution >= 4 is 18.1 Å². The van der Waals surface area contributed by atoms with E-state index in [0.717, 1.165) is 6.42 Å². The molecular weight excluding hydrogens is 396 g/mol. The summed E-state index contributed by atoms with van der Waals surface area (Å²) in [5.74, 6) is 0.317. The first kappa shape index (κ1) is 21.6. The van der Waals surface area contributed by atoms with Gasteiger partial charge in [-0.25, -0.2) is 10.2 Å². The SMILES string of the molecule is CCCOc1ccc(C(=O)Oc2ccc(C=NNC(=O)c3ccc(O)cc3)cc2)cc1. The van der Waals surface area contributed by atoms with Gasteiger partial charge in [0.05, 0.1) is 18.4 Å². The van der Waals surface area contributed by atoms with E-state index in [0.29, 0.717) is 34.8 Å². The first-order valence-electron chi connectivity index (χ1n) is 9.72. The highest BCUT2D eigenvalue weighted by Gasteiger charge is 2.09. The zero-order chi connectivity index (χ0) is 22.1. The van der Waals surface area contributed by atoms with Crippen LogP contribution < -0.4 is 14.9 Å². The van der Waals surface area contributed by atoms with Gasteiger partial charge >= 0.3 is 5.97 Å². The van der Waals surface area contributed by atoms with E-state index in [-0.39, 0.29) is 5.75 Å². The van der Waals surface area contributed by atoms with Crippen LogP contribution in [-0.4, -0.2) is 29.8 Å². The molecule has 0 radical (unpaired) electrons. The Kier molecular flexibility index (Phi) is 7.37. The summed E-state index contributed by atoms with van der Waals surface area (Å²) in [7, 11) is 0. The fourth-order valence-corrected chi connectivity index (χ4v) is 2.54. The van der Waals surface area contributed by atoms with E-state index in [1.54, 1.807) is 48.5 Å². The standard InChI is InChI=1S/C24H22N2O5/c1-2-15-30-21-13-7-19(8-14-21)24(29)31-22-11-3-17(4-12-22)16-25-26-23(28)18-5-9-20(27)10-6-18/h3-14,16,27H,2,15H2,1H3,(H,26,28). The van der Waals surface area contributed by atoms with Gasteiger partial charge < -0.3 is 14.6 Å². The highest BCUT2D eigenvalue weighted by atomic mass is 16.5. The molecule has 0 aliphatic heterocycles. The zero-order valence-corrected chi connectivity index (χ0v) is 16.9. The quantitative estimate of drug-likeness (QED) is 0.248. The van der Waals surface area contributed by atoms with Gasteiger partial charge in [-0.15, -0.1) is 0 Å². The van der Waals surface area contributed by atoms with Gasteiger partial charge in [0, 0.05) is 5.56 Å². The van der Waals surface area contributed by atoms with Crippen molar-refractivity contribution in [2.24, 2.45) is 5.10 Å². The predicted molar refractivity (Wildman–Crippen MR) is 117 cm³/mol. The molecule has 0 spiro atoms. The molecule has 158 valence electrons. The van der Waals surface area contributed by atoms with Crippen molar-refractivity contribution in [1.82, 2.24) is 5.43 Å². The van der Waals surface area contributed by atoms with Crippen LogP contribution in [0.2, 0.25) is 0 Å². The largest absolute Gasteiger partial charge is 0.508 e. The number of esters is 1. The number of phenols is 1. The molecule has 3 rings (SSSR count). The lowest BCUT2D eigenvalue weighted by atomic mass is 10.2. The first-order valence-corrected chi connectivity index (χ1v) is 9.72. The molecule has 0 saturated carbocycles. The number of rotatable bonds is 8. The normalized spacial score (nSPS) is 10.6. The summed E-state index contributed by atoms with van der Waals surface area (Å²) in [5.41, 5.74) is 3.92. The van der Waals surface area contributed by atoms with Gasteiger partial charge in [-0.05, 0) is 84.8 Å². The molecule has 0 saturated heterocycles. The van der Waals surface area contributed by atoms with Crippen LogP contribution in [0.1, 0.15) is 39.6 Å². The number of benzene rings is 3. The summed E-state index contributed by atoms with van der Waals surface area (Å²) in [6.45, 7) is 2.65. The van der Waals surface area contributed by atoms with E-state index < -0.39 is 11.9 Å². The van der Waals surface area contributed by atoms with E-state index in [1.165, 1.54) is 30.5 Å². The van der Waals surface area contributed by atoms with Crippen molar-refractivity contribution < 1.29 is 24.2 Å². The molecule has 0 atom stereocenters. The van der Waals surface area contributed by atoms with Gasteiger partial charge in [0.2, 0.25) is 0 Å². The Morgan fingerprint density at radius 3 is 2.16 bits per heavy atom. The summed E-state index contributed by atoms with van der Waals surface area (Å²) in [6, 6.07) is 19.3. The van der Waals surface area contributed by atoms with Crippen molar-refractivity contribution in [3.63, 3.8) is 0 Å². The van der Waals surface area contributed by atoms with Crippen LogP contribution in [0.15, 0.2) is 77.9 Å². The molecule has 0 unspecified atom stereocenters. The van der Waals surface area contributed by atoms with Gasteiger partial charge in [0.1, 0.15) is 17.2 Å². The van der Waals surface area contributed by atoms with E-state index in [2.05, 4.69) is 10.5 Å². The third-order valence-corrected chi connectivity index (χ3v) is 4.16. The first-order chi connectivity index (χ1) is 15.0. The Balaban J connectivity index is 1.52. The van der Waals surface area contributed by atoms with E-state index in [4.69, 9.17) is 9.47 Å². The Morgan fingerprint density at radius 1 is 0.903 bits per heavy atom. The number of nitrogens with one attached hydrogen (secondary N) is 1. The molecule has 3 aromatic rings. The third kappa shape index (κ3) is 6.43. The van der Waals surface area contributed by atoms with Crippen LogP contribution in [0.3, 0.4) is 0 Å². The lowest BCUT2D eigenvalue weighted by molar-refractivity contribution is 0.0734. The Labute approximate surface area is 179 Å². The number of aromatic hydroxyl groups is 1. The summed E-state index contributed by atoms with van der Waals surface area (Å²) in [5, 5.41) is 13.1. The number of hydrazone groups is 1. The second-order valence-corrected chi connectivity index (χ2v) is 6.58. The number of phenolic OH excluding ortho intramolecular Hbond substituents is 1. The average molecular weight is 418 g/mol. The van der Waals surface area contributed by atoms with Crippen molar-refractivity contribution in [3.8, 4) is 17.2 Å². The number of hydrogen-bond acceptors (Lipinski definition) is 6. The maximum Gasteiger partial charge on any atom is 0.343 e. The van der Waals surface area contributed by atoms with Crippen LogP contribution in [0.5, 0.6) is 17.2 Å². The lowest BCUT2D eigenvalue weighted by Gasteiger charge is -2.07. The molecule has 3 aromatic carbocycles. The maximum absolute atomic E-state index is 12.3. The second-order valence-electron chi connectivity index (χ2n) is 6.58. The Bertz CT molecular complexity index is 1040. The highest BCUT2D eigenvalue weighted by Crippen LogP contribution is 2.16. The predicted octanol–water partition coefficient (Wildman–Crippen LogP) is 4.16. The molecule has 0 heterocycles. The molecule has 0 bridgehead atoms. The third-order valence-electron chi connectivity index (χ3n) is 4.16. The Hall–Kier alpha value is -4.13. The van der Waals surface area contributed by atoms with Gasteiger partial charge in [-0.2, -0.15) is 5.10 Å². The van der Waals surface area contributed by atoms with Gasteiger partial charge in [-0.1, -0.05) is 6.92 Å².